The fourth-order valence-electron chi connectivity index (χ4n) is 5.48. The third-order valence-corrected chi connectivity index (χ3v) is 7.31. The minimum atomic E-state index is -1.96. The molecule has 1 saturated carbocycles. The Hall–Kier alpha value is -2.98. The van der Waals surface area contributed by atoms with Crippen LogP contribution in [-0.4, -0.2) is 70.7 Å². The summed E-state index contributed by atoms with van der Waals surface area (Å²) in [5.41, 5.74) is -2.46. The van der Waals surface area contributed by atoms with Crippen LogP contribution in [-0.2, 0) is 42.9 Å². The van der Waals surface area contributed by atoms with Crippen molar-refractivity contribution >= 4 is 23.9 Å². The largest absolute Gasteiger partial charge is 0.457 e. The van der Waals surface area contributed by atoms with Crippen molar-refractivity contribution in [1.82, 2.24) is 0 Å². The number of hydrogen-bond donors (Lipinski definition) is 1. The minimum Gasteiger partial charge on any atom is -0.457 e. The van der Waals surface area contributed by atoms with Gasteiger partial charge in [-0.2, -0.15) is 0 Å². The van der Waals surface area contributed by atoms with E-state index in [-0.39, 0.29) is 11.1 Å². The third-order valence-electron chi connectivity index (χ3n) is 7.31. The van der Waals surface area contributed by atoms with Gasteiger partial charge in [-0.3, -0.25) is 9.59 Å². The Morgan fingerprint density at radius 2 is 1.68 bits per heavy atom. The van der Waals surface area contributed by atoms with Gasteiger partial charge in [0.05, 0.1) is 5.92 Å². The highest BCUT2D eigenvalue weighted by atomic mass is 16.7. The summed E-state index contributed by atoms with van der Waals surface area (Å²) in [5, 5.41) is 12.2. The van der Waals surface area contributed by atoms with Gasteiger partial charge in [-0.15, -0.1) is 0 Å². The molecule has 1 N–H and O–H groups in total. The number of aliphatic hydroxyl groups is 1. The van der Waals surface area contributed by atoms with Gasteiger partial charge in [0.2, 0.25) is 0 Å². The molecular formula is C24H28O10. The molecule has 2 aliphatic heterocycles. The average Bonchev–Trinajstić information content (AvgIpc) is 3.33. The Labute approximate surface area is 196 Å². The van der Waals surface area contributed by atoms with Crippen LogP contribution in [0.3, 0.4) is 0 Å². The Morgan fingerprint density at radius 1 is 1.06 bits per heavy atom. The van der Waals surface area contributed by atoms with Crippen LogP contribution in [0.5, 0.6) is 0 Å². The fraction of sp³-hybridized carbons (Fsp3) is 0.583. The smallest absolute Gasteiger partial charge is 0.334 e. The molecule has 0 aromatic rings. The number of hydrogen-bond acceptors (Lipinski definition) is 10. The minimum absolute atomic E-state index is 0.0423. The normalized spacial score (nSPS) is 40.5. The van der Waals surface area contributed by atoms with Crippen LogP contribution in [0.1, 0.15) is 41.5 Å². The van der Waals surface area contributed by atoms with Crippen LogP contribution in [0.4, 0.5) is 0 Å². The Bertz CT molecular complexity index is 1070. The van der Waals surface area contributed by atoms with Crippen LogP contribution in [0.25, 0.3) is 0 Å². The van der Waals surface area contributed by atoms with Crippen molar-refractivity contribution in [1.29, 1.82) is 0 Å². The third kappa shape index (κ3) is 3.15. The number of esters is 4. The summed E-state index contributed by atoms with van der Waals surface area (Å²) >= 11 is 0. The van der Waals surface area contributed by atoms with E-state index in [1.807, 2.05) is 0 Å². The number of ether oxygens (including phenoxy) is 5. The molecule has 2 saturated heterocycles. The van der Waals surface area contributed by atoms with Crippen LogP contribution >= 0.6 is 0 Å². The number of allylic oxidation sites excluding steroid dienone is 1. The molecule has 34 heavy (non-hydrogen) atoms. The molecule has 2 heterocycles. The molecular weight excluding hydrogens is 448 g/mol. The van der Waals surface area contributed by atoms with E-state index in [1.54, 1.807) is 33.8 Å². The van der Waals surface area contributed by atoms with Crippen LogP contribution in [0, 0.1) is 5.92 Å². The van der Waals surface area contributed by atoms with Crippen molar-refractivity contribution in [2.24, 2.45) is 5.92 Å². The number of rotatable bonds is 4. The Kier molecular flexibility index (Phi) is 5.52. The molecule has 0 aromatic heterocycles. The lowest BCUT2D eigenvalue weighted by Crippen LogP contribution is -2.56. The maximum absolute atomic E-state index is 12.8. The first-order valence-electron chi connectivity index (χ1n) is 11.0. The van der Waals surface area contributed by atoms with E-state index in [4.69, 9.17) is 23.7 Å². The summed E-state index contributed by atoms with van der Waals surface area (Å²) in [6, 6.07) is 0. The van der Waals surface area contributed by atoms with Gasteiger partial charge in [0.25, 0.3) is 0 Å². The van der Waals surface area contributed by atoms with E-state index in [2.05, 4.69) is 6.58 Å². The van der Waals surface area contributed by atoms with Crippen molar-refractivity contribution in [2.45, 2.75) is 83.3 Å². The highest BCUT2D eigenvalue weighted by molar-refractivity contribution is 5.92. The standard InChI is InChI=1S/C24H28O10/c1-8-9(2)21(27)32-16-11(4)15-18(31-13(6)26)20-23(7,34-20)24(15,29)19-14(10(3)22(28)33-19)17(16)30-12(5)25/h8,14,16-20,29H,3H2,1-2,4-7H3. The zero-order chi connectivity index (χ0) is 25.3. The van der Waals surface area contributed by atoms with E-state index in [0.29, 0.717) is 11.1 Å². The molecule has 8 atom stereocenters. The SMILES string of the molecule is C=C1C(=O)OC2C1C(OC(C)=O)C(OC(=O)C(C)=CC)C(C)=C1C(OC(C)=O)C3OC3(C)C12O. The first-order valence-corrected chi connectivity index (χ1v) is 11.0. The summed E-state index contributed by atoms with van der Waals surface area (Å²) in [5.74, 6) is -3.84. The van der Waals surface area contributed by atoms with Gasteiger partial charge in [0.1, 0.15) is 17.8 Å². The van der Waals surface area contributed by atoms with Gasteiger partial charge < -0.3 is 28.8 Å². The van der Waals surface area contributed by atoms with Crippen LogP contribution in [0.2, 0.25) is 0 Å². The van der Waals surface area contributed by atoms with Crippen molar-refractivity contribution in [2.75, 3.05) is 0 Å². The molecule has 0 amide bonds. The molecule has 3 fully saturated rings. The van der Waals surface area contributed by atoms with Gasteiger partial charge in [-0.25, -0.2) is 9.59 Å². The zero-order valence-electron chi connectivity index (χ0n) is 19.9. The highest BCUT2D eigenvalue weighted by Gasteiger charge is 2.83. The molecule has 0 spiro atoms. The molecule has 184 valence electrons. The van der Waals surface area contributed by atoms with Crippen molar-refractivity contribution < 1.29 is 48.0 Å². The lowest BCUT2D eigenvalue weighted by atomic mass is 9.76. The van der Waals surface area contributed by atoms with Gasteiger partial charge in [0, 0.05) is 30.6 Å². The molecule has 0 radical (unpaired) electrons. The quantitative estimate of drug-likeness (QED) is 0.206. The number of carbonyl (C=O) groups is 4. The Morgan fingerprint density at radius 3 is 2.24 bits per heavy atom. The predicted molar refractivity (Wildman–Crippen MR) is 114 cm³/mol. The fourth-order valence-corrected chi connectivity index (χ4v) is 5.48. The van der Waals surface area contributed by atoms with E-state index in [1.165, 1.54) is 13.8 Å². The number of epoxide rings is 1. The van der Waals surface area contributed by atoms with Crippen LogP contribution < -0.4 is 0 Å². The van der Waals surface area contributed by atoms with Gasteiger partial charge in [-0.05, 0) is 33.3 Å². The molecule has 10 heteroatoms. The van der Waals surface area contributed by atoms with E-state index in [0.717, 1.165) is 0 Å². The second-order valence-corrected chi connectivity index (χ2v) is 9.29. The first kappa shape index (κ1) is 24.2. The second-order valence-electron chi connectivity index (χ2n) is 9.29. The van der Waals surface area contributed by atoms with Crippen LogP contribution in [0.15, 0.2) is 34.9 Å². The van der Waals surface area contributed by atoms with Crippen molar-refractivity contribution in [3.8, 4) is 0 Å². The maximum atomic E-state index is 12.8. The Balaban J connectivity index is 1.96. The highest BCUT2D eigenvalue weighted by Crippen LogP contribution is 2.65. The topological polar surface area (TPSA) is 138 Å². The summed E-state index contributed by atoms with van der Waals surface area (Å²) in [4.78, 5) is 49.4. The monoisotopic (exact) mass is 476 g/mol. The molecule has 0 aromatic carbocycles. The number of fused-ring (bicyclic) bond motifs is 5. The van der Waals surface area contributed by atoms with Crippen molar-refractivity contribution in [3.05, 3.63) is 34.9 Å². The maximum Gasteiger partial charge on any atom is 0.334 e. The molecule has 4 rings (SSSR count). The van der Waals surface area contributed by atoms with Crippen molar-refractivity contribution in [3.63, 3.8) is 0 Å². The van der Waals surface area contributed by atoms with Gasteiger partial charge in [-0.1, -0.05) is 12.7 Å². The molecule has 8 unspecified atom stereocenters. The predicted octanol–water partition coefficient (Wildman–Crippen LogP) is 1.06. The zero-order valence-corrected chi connectivity index (χ0v) is 19.9. The first-order chi connectivity index (χ1) is 15.8. The lowest BCUT2D eigenvalue weighted by Gasteiger charge is -2.38. The lowest BCUT2D eigenvalue weighted by molar-refractivity contribution is -0.174. The van der Waals surface area contributed by atoms with Gasteiger partial charge in [0.15, 0.2) is 23.9 Å². The molecule has 10 nitrogen and oxygen atoms in total. The molecule has 4 aliphatic rings. The van der Waals surface area contributed by atoms with E-state index in [9.17, 15) is 24.3 Å². The molecule has 2 aliphatic carbocycles. The van der Waals surface area contributed by atoms with E-state index >= 15 is 0 Å². The second kappa shape index (κ2) is 7.78. The summed E-state index contributed by atoms with van der Waals surface area (Å²) < 4.78 is 28.3. The van der Waals surface area contributed by atoms with E-state index < -0.39 is 71.5 Å². The number of carbonyl (C=O) groups excluding carboxylic acids is 4. The summed E-state index contributed by atoms with van der Waals surface area (Å²) in [6.07, 6.45) is -3.93. The summed E-state index contributed by atoms with van der Waals surface area (Å²) in [7, 11) is 0. The average molecular weight is 476 g/mol. The summed E-state index contributed by atoms with van der Waals surface area (Å²) in [6.45, 7) is 12.6. The van der Waals surface area contributed by atoms with Gasteiger partial charge >= 0.3 is 23.9 Å². The molecule has 0 bridgehead atoms.